The van der Waals surface area contributed by atoms with Crippen molar-refractivity contribution >= 4 is 22.6 Å². The van der Waals surface area contributed by atoms with Crippen molar-refractivity contribution in [2.75, 3.05) is 0 Å². The Morgan fingerprint density at radius 2 is 2.21 bits per heavy atom. The van der Waals surface area contributed by atoms with Crippen LogP contribution < -0.4 is 5.73 Å². The molecule has 1 aliphatic rings. The van der Waals surface area contributed by atoms with Gasteiger partial charge in [0.2, 0.25) is 0 Å². The molecule has 0 bridgehead atoms. The Labute approximate surface area is 118 Å². The molecular formula is C16H20ClNO. The van der Waals surface area contributed by atoms with E-state index in [9.17, 15) is 0 Å². The maximum atomic E-state index is 6.41. The monoisotopic (exact) mass is 277 g/mol. The molecule has 2 aromatic rings. The van der Waals surface area contributed by atoms with Gasteiger partial charge in [0.15, 0.2) is 5.58 Å². The average Bonchev–Trinajstić information content (AvgIpc) is 2.83. The normalized spacial score (nSPS) is 25.6. The molecule has 1 saturated carbocycles. The number of fused-ring (bicyclic) bond motifs is 1. The number of hydrogen-bond donors (Lipinski definition) is 1. The standard InChI is InChI=1S/C16H20ClNO/c1-10-4-2-5-11(8-10)15(18)14-9-12-6-3-7-13(17)16(12)19-14/h3,6-7,9-11,15H,2,4-5,8,18H2,1H3. The van der Waals surface area contributed by atoms with Crippen LogP contribution in [-0.4, -0.2) is 0 Å². The molecule has 1 heterocycles. The average molecular weight is 278 g/mol. The lowest BCUT2D eigenvalue weighted by molar-refractivity contribution is 0.233. The lowest BCUT2D eigenvalue weighted by Crippen LogP contribution is -2.25. The zero-order valence-corrected chi connectivity index (χ0v) is 12.0. The van der Waals surface area contributed by atoms with Gasteiger partial charge < -0.3 is 10.2 Å². The molecule has 3 heteroatoms. The van der Waals surface area contributed by atoms with Gasteiger partial charge in [-0.2, -0.15) is 0 Å². The largest absolute Gasteiger partial charge is 0.458 e. The van der Waals surface area contributed by atoms with E-state index in [1.54, 1.807) is 0 Å². The van der Waals surface area contributed by atoms with E-state index in [-0.39, 0.29) is 6.04 Å². The second-order valence-electron chi connectivity index (χ2n) is 5.86. The molecule has 19 heavy (non-hydrogen) atoms. The lowest BCUT2D eigenvalue weighted by Gasteiger charge is -2.30. The van der Waals surface area contributed by atoms with Crippen molar-refractivity contribution in [2.45, 2.75) is 38.6 Å². The van der Waals surface area contributed by atoms with E-state index >= 15 is 0 Å². The highest BCUT2D eigenvalue weighted by molar-refractivity contribution is 6.34. The summed E-state index contributed by atoms with van der Waals surface area (Å²) in [6, 6.07) is 7.85. The van der Waals surface area contributed by atoms with Gasteiger partial charge >= 0.3 is 0 Å². The number of para-hydroxylation sites is 1. The van der Waals surface area contributed by atoms with Gasteiger partial charge in [0.1, 0.15) is 5.76 Å². The minimum absolute atomic E-state index is 0.00813. The molecule has 3 unspecified atom stereocenters. The van der Waals surface area contributed by atoms with Gasteiger partial charge in [-0.1, -0.05) is 43.5 Å². The summed E-state index contributed by atoms with van der Waals surface area (Å²) in [5.74, 6) is 2.18. The molecule has 1 aliphatic carbocycles. The van der Waals surface area contributed by atoms with Crippen LogP contribution in [0.3, 0.4) is 0 Å². The van der Waals surface area contributed by atoms with Crippen LogP contribution in [-0.2, 0) is 0 Å². The molecule has 1 fully saturated rings. The highest BCUT2D eigenvalue weighted by Crippen LogP contribution is 2.38. The summed E-state index contributed by atoms with van der Waals surface area (Å²) in [5, 5.41) is 1.70. The van der Waals surface area contributed by atoms with Crippen LogP contribution in [0.1, 0.15) is 44.4 Å². The van der Waals surface area contributed by atoms with Crippen LogP contribution in [0.2, 0.25) is 5.02 Å². The second-order valence-corrected chi connectivity index (χ2v) is 6.27. The highest BCUT2D eigenvalue weighted by atomic mass is 35.5. The van der Waals surface area contributed by atoms with Crippen LogP contribution in [0.4, 0.5) is 0 Å². The first-order valence-electron chi connectivity index (χ1n) is 7.08. The topological polar surface area (TPSA) is 39.2 Å². The SMILES string of the molecule is CC1CCCC(C(N)c2cc3cccc(Cl)c3o2)C1. The fourth-order valence-electron chi connectivity index (χ4n) is 3.25. The summed E-state index contributed by atoms with van der Waals surface area (Å²) in [4.78, 5) is 0. The lowest BCUT2D eigenvalue weighted by atomic mass is 9.78. The van der Waals surface area contributed by atoms with Crippen LogP contribution in [0, 0.1) is 11.8 Å². The predicted molar refractivity (Wildman–Crippen MR) is 79.3 cm³/mol. The van der Waals surface area contributed by atoms with E-state index < -0.39 is 0 Å². The summed E-state index contributed by atoms with van der Waals surface area (Å²) >= 11 is 6.15. The van der Waals surface area contributed by atoms with Crippen LogP contribution in [0.25, 0.3) is 11.0 Å². The quantitative estimate of drug-likeness (QED) is 0.847. The Hall–Kier alpha value is -0.990. The van der Waals surface area contributed by atoms with E-state index in [0.29, 0.717) is 10.9 Å². The number of hydrogen-bond acceptors (Lipinski definition) is 2. The Bertz CT molecular complexity index is 577. The first kappa shape index (κ1) is 13.0. The molecule has 2 N–H and O–H groups in total. The first-order chi connectivity index (χ1) is 9.15. The van der Waals surface area contributed by atoms with Gasteiger partial charge in [0.05, 0.1) is 11.1 Å². The summed E-state index contributed by atoms with van der Waals surface area (Å²) in [6.07, 6.45) is 5.01. The van der Waals surface area contributed by atoms with Gasteiger partial charge in [-0.25, -0.2) is 0 Å². The van der Waals surface area contributed by atoms with Gasteiger partial charge in [-0.05, 0) is 36.8 Å². The van der Waals surface area contributed by atoms with E-state index in [2.05, 4.69) is 6.92 Å². The maximum Gasteiger partial charge on any atom is 0.152 e. The zero-order valence-electron chi connectivity index (χ0n) is 11.2. The number of benzene rings is 1. The molecule has 0 radical (unpaired) electrons. The van der Waals surface area contributed by atoms with Gasteiger partial charge in [-0.3, -0.25) is 0 Å². The smallest absolute Gasteiger partial charge is 0.152 e. The van der Waals surface area contributed by atoms with Crippen LogP contribution in [0.15, 0.2) is 28.7 Å². The third-order valence-corrected chi connectivity index (χ3v) is 4.63. The molecule has 2 nitrogen and oxygen atoms in total. The fraction of sp³-hybridized carbons (Fsp3) is 0.500. The summed E-state index contributed by atoms with van der Waals surface area (Å²) in [5.41, 5.74) is 7.17. The van der Waals surface area contributed by atoms with Crippen molar-refractivity contribution < 1.29 is 4.42 Å². The van der Waals surface area contributed by atoms with Crippen molar-refractivity contribution in [3.8, 4) is 0 Å². The van der Waals surface area contributed by atoms with Gasteiger partial charge in [-0.15, -0.1) is 0 Å². The third-order valence-electron chi connectivity index (χ3n) is 4.33. The third kappa shape index (κ3) is 2.52. The van der Waals surface area contributed by atoms with E-state index in [4.69, 9.17) is 21.8 Å². The zero-order chi connectivity index (χ0) is 13.4. The minimum Gasteiger partial charge on any atom is -0.458 e. The van der Waals surface area contributed by atoms with Crippen molar-refractivity contribution in [2.24, 2.45) is 17.6 Å². The van der Waals surface area contributed by atoms with Crippen LogP contribution in [0.5, 0.6) is 0 Å². The summed E-state index contributed by atoms with van der Waals surface area (Å²) in [7, 11) is 0. The fourth-order valence-corrected chi connectivity index (χ4v) is 3.47. The summed E-state index contributed by atoms with van der Waals surface area (Å²) < 4.78 is 5.89. The van der Waals surface area contributed by atoms with Crippen molar-refractivity contribution in [3.63, 3.8) is 0 Å². The summed E-state index contributed by atoms with van der Waals surface area (Å²) in [6.45, 7) is 2.31. The molecular weight excluding hydrogens is 258 g/mol. The molecule has 1 aromatic carbocycles. The molecule has 0 aliphatic heterocycles. The van der Waals surface area contributed by atoms with E-state index in [1.807, 2.05) is 24.3 Å². The second kappa shape index (κ2) is 5.18. The molecule has 0 saturated heterocycles. The number of halogens is 1. The Balaban J connectivity index is 1.88. The maximum absolute atomic E-state index is 6.41. The Morgan fingerprint density at radius 3 is 2.95 bits per heavy atom. The molecule has 3 atom stereocenters. The minimum atomic E-state index is -0.00813. The van der Waals surface area contributed by atoms with Gasteiger partial charge in [0, 0.05) is 5.39 Å². The van der Waals surface area contributed by atoms with Crippen molar-refractivity contribution in [3.05, 3.63) is 35.0 Å². The molecule has 0 amide bonds. The molecule has 102 valence electrons. The Kier molecular flexibility index (Phi) is 3.55. The number of nitrogens with two attached hydrogens (primary N) is 1. The molecule has 3 rings (SSSR count). The number of furan rings is 1. The predicted octanol–water partition coefficient (Wildman–Crippen LogP) is 4.91. The first-order valence-corrected chi connectivity index (χ1v) is 7.46. The van der Waals surface area contributed by atoms with E-state index in [0.717, 1.165) is 22.6 Å². The van der Waals surface area contributed by atoms with Crippen molar-refractivity contribution in [1.29, 1.82) is 0 Å². The Morgan fingerprint density at radius 1 is 1.37 bits per heavy atom. The van der Waals surface area contributed by atoms with Crippen molar-refractivity contribution in [1.82, 2.24) is 0 Å². The van der Waals surface area contributed by atoms with Gasteiger partial charge in [0.25, 0.3) is 0 Å². The van der Waals surface area contributed by atoms with Crippen LogP contribution >= 0.6 is 11.6 Å². The van der Waals surface area contributed by atoms with E-state index in [1.165, 1.54) is 25.7 Å². The number of rotatable bonds is 2. The highest BCUT2D eigenvalue weighted by Gasteiger charge is 2.27. The molecule has 0 spiro atoms. The molecule has 1 aromatic heterocycles.